The molecule has 23 heavy (non-hydrogen) atoms. The first-order chi connectivity index (χ1) is 11.1. The van der Waals surface area contributed by atoms with Crippen LogP contribution in [0.5, 0.6) is 5.75 Å². The number of carbonyl (C=O) groups excluding carboxylic acids is 2. The monoisotopic (exact) mass is 337 g/mol. The summed E-state index contributed by atoms with van der Waals surface area (Å²) in [5.41, 5.74) is 0.451. The fourth-order valence-corrected chi connectivity index (χ4v) is 2.48. The van der Waals surface area contributed by atoms with Gasteiger partial charge in [0.05, 0.1) is 20.1 Å². The molecule has 0 aliphatic rings. The Bertz CT molecular complexity index is 673. The van der Waals surface area contributed by atoms with Gasteiger partial charge in [-0.05, 0) is 29.1 Å². The van der Waals surface area contributed by atoms with Gasteiger partial charge in [-0.1, -0.05) is 12.1 Å². The van der Waals surface area contributed by atoms with Crippen molar-refractivity contribution in [3.63, 3.8) is 0 Å². The quantitative estimate of drug-likeness (QED) is 0.788. The second kappa shape index (κ2) is 8.28. The zero-order valence-electron chi connectivity index (χ0n) is 12.5. The second-order valence-corrected chi connectivity index (χ2v) is 5.69. The van der Waals surface area contributed by atoms with Crippen LogP contribution in [0.2, 0.25) is 0 Å². The molecule has 0 saturated carbocycles. The first kappa shape index (κ1) is 17.0. The van der Waals surface area contributed by atoms with Crippen LogP contribution in [0.15, 0.2) is 35.7 Å². The van der Waals surface area contributed by atoms with E-state index in [2.05, 4.69) is 5.32 Å². The van der Waals surface area contributed by atoms with E-state index in [1.807, 2.05) is 17.5 Å². The van der Waals surface area contributed by atoms with Crippen molar-refractivity contribution in [1.82, 2.24) is 5.32 Å². The number of halogens is 1. The summed E-state index contributed by atoms with van der Waals surface area (Å²) in [7, 11) is 1.36. The number of rotatable bonds is 7. The van der Waals surface area contributed by atoms with Crippen LogP contribution >= 0.6 is 11.3 Å². The van der Waals surface area contributed by atoms with Crippen molar-refractivity contribution in [2.75, 3.05) is 13.7 Å². The van der Waals surface area contributed by atoms with Crippen molar-refractivity contribution in [2.24, 2.45) is 0 Å². The highest BCUT2D eigenvalue weighted by atomic mass is 32.1. The molecule has 2 aromatic rings. The van der Waals surface area contributed by atoms with Crippen molar-refractivity contribution < 1.29 is 23.5 Å². The van der Waals surface area contributed by atoms with Crippen molar-refractivity contribution >= 4 is 23.2 Å². The number of nitrogens with one attached hydrogen (secondary N) is 1. The predicted octanol–water partition coefficient (Wildman–Crippen LogP) is 2.30. The van der Waals surface area contributed by atoms with Crippen LogP contribution in [0.3, 0.4) is 0 Å². The normalized spacial score (nSPS) is 10.2. The minimum Gasteiger partial charge on any atom is -0.494 e. The van der Waals surface area contributed by atoms with Crippen LogP contribution < -0.4 is 10.1 Å². The van der Waals surface area contributed by atoms with Gasteiger partial charge < -0.3 is 14.8 Å². The number of thiophene rings is 1. The van der Waals surface area contributed by atoms with Crippen molar-refractivity contribution in [3.05, 3.63) is 52.0 Å². The maximum absolute atomic E-state index is 13.5. The summed E-state index contributed by atoms with van der Waals surface area (Å²) in [6, 6.07) is 8.00. The van der Waals surface area contributed by atoms with Gasteiger partial charge in [-0.25, -0.2) is 4.39 Å². The standard InChI is InChI=1S/C16H16FNO4S/c1-21-14-5-4-11(7-13(14)17)8-16(20)22-10-15(19)18-9-12-3-2-6-23-12/h2-7H,8-10H2,1H3,(H,18,19). The molecule has 0 bridgehead atoms. The van der Waals surface area contributed by atoms with E-state index in [9.17, 15) is 14.0 Å². The number of carbonyl (C=O) groups is 2. The number of amides is 1. The molecule has 1 amide bonds. The van der Waals surface area contributed by atoms with Gasteiger partial charge in [0.15, 0.2) is 18.2 Å². The first-order valence-corrected chi connectivity index (χ1v) is 7.73. The van der Waals surface area contributed by atoms with E-state index in [1.165, 1.54) is 30.6 Å². The van der Waals surface area contributed by atoms with Gasteiger partial charge in [0.25, 0.3) is 5.91 Å². The van der Waals surface area contributed by atoms with Crippen LogP contribution in [0, 0.1) is 5.82 Å². The van der Waals surface area contributed by atoms with E-state index in [-0.39, 0.29) is 24.7 Å². The molecule has 1 heterocycles. The largest absolute Gasteiger partial charge is 0.494 e. The van der Waals surface area contributed by atoms with E-state index >= 15 is 0 Å². The van der Waals surface area contributed by atoms with Gasteiger partial charge in [-0.3, -0.25) is 9.59 Å². The lowest BCUT2D eigenvalue weighted by Gasteiger charge is -2.07. The van der Waals surface area contributed by atoms with Crippen LogP contribution in [-0.2, 0) is 27.3 Å². The SMILES string of the molecule is COc1ccc(CC(=O)OCC(=O)NCc2cccs2)cc1F. The number of hydrogen-bond donors (Lipinski definition) is 1. The summed E-state index contributed by atoms with van der Waals surface area (Å²) in [6.45, 7) is 0.0422. The third-order valence-electron chi connectivity index (χ3n) is 2.97. The van der Waals surface area contributed by atoms with E-state index < -0.39 is 11.8 Å². The second-order valence-electron chi connectivity index (χ2n) is 4.66. The van der Waals surface area contributed by atoms with Crippen LogP contribution in [0.4, 0.5) is 4.39 Å². The fourth-order valence-electron chi connectivity index (χ4n) is 1.83. The van der Waals surface area contributed by atoms with Gasteiger partial charge in [0, 0.05) is 4.88 Å². The molecule has 7 heteroatoms. The number of hydrogen-bond acceptors (Lipinski definition) is 5. The minimum atomic E-state index is -0.596. The third-order valence-corrected chi connectivity index (χ3v) is 3.85. The average molecular weight is 337 g/mol. The van der Waals surface area contributed by atoms with E-state index in [0.717, 1.165) is 4.88 Å². The molecule has 2 rings (SSSR count). The molecular formula is C16H16FNO4S. The summed E-state index contributed by atoms with van der Waals surface area (Å²) < 4.78 is 23.2. The zero-order chi connectivity index (χ0) is 16.7. The van der Waals surface area contributed by atoms with E-state index in [1.54, 1.807) is 6.07 Å². The summed E-state index contributed by atoms with van der Waals surface area (Å²) in [6.07, 6.45) is -0.112. The molecule has 0 atom stereocenters. The van der Waals surface area contributed by atoms with Crippen LogP contribution in [0.25, 0.3) is 0 Å². The molecule has 0 aliphatic carbocycles. The lowest BCUT2D eigenvalue weighted by atomic mass is 10.1. The minimum absolute atomic E-state index is 0.107. The maximum atomic E-state index is 13.5. The molecule has 0 saturated heterocycles. The Balaban J connectivity index is 1.74. The summed E-state index contributed by atoms with van der Waals surface area (Å²) in [5.74, 6) is -1.42. The fraction of sp³-hybridized carbons (Fsp3) is 0.250. The van der Waals surface area contributed by atoms with Gasteiger partial charge in [-0.2, -0.15) is 0 Å². The Morgan fingerprint density at radius 3 is 2.78 bits per heavy atom. The number of esters is 1. The van der Waals surface area contributed by atoms with Crippen molar-refractivity contribution in [2.45, 2.75) is 13.0 Å². The Morgan fingerprint density at radius 1 is 1.30 bits per heavy atom. The molecule has 0 aliphatic heterocycles. The van der Waals surface area contributed by atoms with E-state index in [4.69, 9.17) is 9.47 Å². The molecule has 5 nitrogen and oxygen atoms in total. The lowest BCUT2D eigenvalue weighted by Crippen LogP contribution is -2.28. The predicted molar refractivity (Wildman–Crippen MR) is 83.8 cm³/mol. The smallest absolute Gasteiger partial charge is 0.310 e. The summed E-state index contributed by atoms with van der Waals surface area (Å²) >= 11 is 1.53. The molecular weight excluding hydrogens is 321 g/mol. The first-order valence-electron chi connectivity index (χ1n) is 6.85. The third kappa shape index (κ3) is 5.37. The Morgan fingerprint density at radius 2 is 2.13 bits per heavy atom. The Labute approximate surface area is 137 Å². The van der Waals surface area contributed by atoms with E-state index in [0.29, 0.717) is 12.1 Å². The van der Waals surface area contributed by atoms with Gasteiger partial charge >= 0.3 is 5.97 Å². The van der Waals surface area contributed by atoms with Crippen molar-refractivity contribution in [3.8, 4) is 5.75 Å². The molecule has 1 aromatic carbocycles. The van der Waals surface area contributed by atoms with Gasteiger partial charge in [-0.15, -0.1) is 11.3 Å². The lowest BCUT2D eigenvalue weighted by molar-refractivity contribution is -0.147. The van der Waals surface area contributed by atoms with Gasteiger partial charge in [0.2, 0.25) is 0 Å². The molecule has 1 N–H and O–H groups in total. The molecule has 1 aromatic heterocycles. The number of benzene rings is 1. The highest BCUT2D eigenvalue weighted by Crippen LogP contribution is 2.18. The van der Waals surface area contributed by atoms with Crippen molar-refractivity contribution in [1.29, 1.82) is 0 Å². The van der Waals surface area contributed by atoms with Gasteiger partial charge in [0.1, 0.15) is 0 Å². The average Bonchev–Trinajstić information content (AvgIpc) is 3.04. The Kier molecular flexibility index (Phi) is 6.10. The number of methoxy groups -OCH3 is 1. The molecule has 0 unspecified atom stereocenters. The number of ether oxygens (including phenoxy) is 2. The molecule has 0 radical (unpaired) electrons. The summed E-state index contributed by atoms with van der Waals surface area (Å²) in [4.78, 5) is 24.2. The topological polar surface area (TPSA) is 64.6 Å². The molecule has 0 spiro atoms. The summed E-state index contributed by atoms with van der Waals surface area (Å²) in [5, 5.41) is 4.56. The van der Waals surface area contributed by atoms with Crippen LogP contribution in [-0.4, -0.2) is 25.6 Å². The zero-order valence-corrected chi connectivity index (χ0v) is 13.3. The maximum Gasteiger partial charge on any atom is 0.310 e. The molecule has 122 valence electrons. The highest BCUT2D eigenvalue weighted by Gasteiger charge is 2.11. The van der Waals surface area contributed by atoms with Crippen LogP contribution in [0.1, 0.15) is 10.4 Å². The highest BCUT2D eigenvalue weighted by molar-refractivity contribution is 7.09. The Hall–Kier alpha value is -2.41. The molecule has 0 fully saturated rings.